The van der Waals surface area contributed by atoms with Crippen LogP contribution in [-0.4, -0.2) is 44.7 Å². The second-order valence-corrected chi connectivity index (χ2v) is 5.32. The molecule has 0 amide bonds. The largest absolute Gasteiger partial charge is 0.381 e. The second-order valence-electron chi connectivity index (χ2n) is 5.32. The van der Waals surface area contributed by atoms with Gasteiger partial charge in [0.15, 0.2) is 5.96 Å². The Balaban J connectivity index is 0.00000242. The maximum atomic E-state index is 8.92. The molecule has 1 heterocycles. The highest BCUT2D eigenvalue weighted by Crippen LogP contribution is 2.13. The number of nitrogens with one attached hydrogen (secondary N) is 1. The zero-order valence-corrected chi connectivity index (χ0v) is 15.4. The summed E-state index contributed by atoms with van der Waals surface area (Å²) in [5, 5.41) is 12.3. The summed E-state index contributed by atoms with van der Waals surface area (Å²) in [6.07, 6.45) is 1.12. The molecular formula is C16H23IN4O. The highest BCUT2D eigenvalue weighted by Gasteiger charge is 2.18. The predicted molar refractivity (Wildman–Crippen MR) is 98.3 cm³/mol. The third-order valence-corrected chi connectivity index (χ3v) is 3.64. The fourth-order valence-electron chi connectivity index (χ4n) is 2.52. The van der Waals surface area contributed by atoms with Crippen molar-refractivity contribution in [1.29, 1.82) is 5.26 Å². The molecule has 2 rings (SSSR count). The number of hydrogen-bond acceptors (Lipinski definition) is 3. The Labute approximate surface area is 149 Å². The molecule has 5 nitrogen and oxygen atoms in total. The normalized spacial score (nSPS) is 17.5. The van der Waals surface area contributed by atoms with Gasteiger partial charge >= 0.3 is 0 Å². The van der Waals surface area contributed by atoms with Crippen molar-refractivity contribution in [3.05, 3.63) is 35.4 Å². The Morgan fingerprint density at radius 1 is 1.55 bits per heavy atom. The molecule has 0 aromatic heterocycles. The van der Waals surface area contributed by atoms with Gasteiger partial charge in [-0.25, -0.2) is 0 Å². The summed E-state index contributed by atoms with van der Waals surface area (Å²) in [6.45, 7) is 3.31. The highest BCUT2D eigenvalue weighted by atomic mass is 127. The third-order valence-electron chi connectivity index (χ3n) is 3.64. The smallest absolute Gasteiger partial charge is 0.193 e. The van der Waals surface area contributed by atoms with Crippen LogP contribution in [0.3, 0.4) is 0 Å². The predicted octanol–water partition coefficient (Wildman–Crippen LogP) is 2.22. The lowest BCUT2D eigenvalue weighted by Crippen LogP contribution is -2.41. The summed E-state index contributed by atoms with van der Waals surface area (Å²) < 4.78 is 5.41. The first-order valence-electron chi connectivity index (χ1n) is 7.21. The molecule has 1 aromatic rings. The van der Waals surface area contributed by atoms with Crippen LogP contribution >= 0.6 is 24.0 Å². The molecule has 6 heteroatoms. The molecule has 1 N–H and O–H groups in total. The number of benzene rings is 1. The van der Waals surface area contributed by atoms with E-state index in [-0.39, 0.29) is 24.0 Å². The molecule has 0 radical (unpaired) electrons. The van der Waals surface area contributed by atoms with Crippen LogP contribution in [0.4, 0.5) is 0 Å². The van der Waals surface area contributed by atoms with E-state index < -0.39 is 0 Å². The average Bonchev–Trinajstić information content (AvgIpc) is 3.01. The number of aliphatic imine (C=N–C) groups is 1. The molecule has 0 saturated carbocycles. The lowest BCUT2D eigenvalue weighted by Gasteiger charge is -2.24. The number of hydrogen-bond donors (Lipinski definition) is 1. The Kier molecular flexibility index (Phi) is 8.20. The number of halogens is 1. The van der Waals surface area contributed by atoms with Gasteiger partial charge in [-0.3, -0.25) is 4.99 Å². The van der Waals surface area contributed by atoms with E-state index in [1.165, 1.54) is 0 Å². The van der Waals surface area contributed by atoms with Crippen LogP contribution in [0, 0.1) is 17.2 Å². The molecule has 1 saturated heterocycles. The van der Waals surface area contributed by atoms with Gasteiger partial charge in [0.1, 0.15) is 0 Å². The number of rotatable bonds is 4. The molecule has 1 fully saturated rings. The summed E-state index contributed by atoms with van der Waals surface area (Å²) in [5.74, 6) is 1.44. The van der Waals surface area contributed by atoms with E-state index in [4.69, 9.17) is 10.00 Å². The molecular weight excluding hydrogens is 391 g/mol. The minimum atomic E-state index is 0. The Hall–Kier alpha value is -1.33. The first-order chi connectivity index (χ1) is 10.2. The molecule has 0 spiro atoms. The van der Waals surface area contributed by atoms with Gasteiger partial charge in [0.2, 0.25) is 0 Å². The summed E-state index contributed by atoms with van der Waals surface area (Å²) in [4.78, 5) is 6.45. The van der Waals surface area contributed by atoms with Crippen molar-refractivity contribution >= 4 is 29.9 Å². The van der Waals surface area contributed by atoms with E-state index in [9.17, 15) is 0 Å². The highest BCUT2D eigenvalue weighted by molar-refractivity contribution is 14.0. The monoisotopic (exact) mass is 414 g/mol. The van der Waals surface area contributed by atoms with Crippen molar-refractivity contribution in [1.82, 2.24) is 10.2 Å². The van der Waals surface area contributed by atoms with Crippen LogP contribution < -0.4 is 5.32 Å². The van der Waals surface area contributed by atoms with Gasteiger partial charge in [0.25, 0.3) is 0 Å². The minimum Gasteiger partial charge on any atom is -0.381 e. The zero-order valence-electron chi connectivity index (χ0n) is 13.1. The van der Waals surface area contributed by atoms with Crippen LogP contribution in [0.5, 0.6) is 0 Å². The summed E-state index contributed by atoms with van der Waals surface area (Å²) in [7, 11) is 3.83. The molecule has 0 aliphatic carbocycles. The lowest BCUT2D eigenvalue weighted by atomic mass is 10.1. The molecule has 22 heavy (non-hydrogen) atoms. The SMILES string of the molecule is CN=C(NCc1cccc(C#N)c1)N(C)CC1CCOC1.I. The minimum absolute atomic E-state index is 0. The lowest BCUT2D eigenvalue weighted by molar-refractivity contribution is 0.181. The van der Waals surface area contributed by atoms with E-state index in [2.05, 4.69) is 21.3 Å². The van der Waals surface area contributed by atoms with Crippen LogP contribution in [0.1, 0.15) is 17.5 Å². The van der Waals surface area contributed by atoms with E-state index in [0.29, 0.717) is 18.0 Å². The maximum Gasteiger partial charge on any atom is 0.193 e. The van der Waals surface area contributed by atoms with Crippen molar-refractivity contribution in [3.63, 3.8) is 0 Å². The van der Waals surface area contributed by atoms with Crippen LogP contribution in [-0.2, 0) is 11.3 Å². The summed E-state index contributed by atoms with van der Waals surface area (Å²) in [5.41, 5.74) is 1.76. The Morgan fingerprint density at radius 2 is 2.36 bits per heavy atom. The van der Waals surface area contributed by atoms with Gasteiger partial charge in [-0.2, -0.15) is 5.26 Å². The molecule has 1 unspecified atom stereocenters. The topological polar surface area (TPSA) is 60.7 Å². The van der Waals surface area contributed by atoms with Crippen LogP contribution in [0.2, 0.25) is 0 Å². The van der Waals surface area contributed by atoms with E-state index in [1.807, 2.05) is 31.3 Å². The third kappa shape index (κ3) is 5.46. The number of nitriles is 1. The van der Waals surface area contributed by atoms with E-state index in [1.54, 1.807) is 7.05 Å². The van der Waals surface area contributed by atoms with Crippen LogP contribution in [0.15, 0.2) is 29.3 Å². The van der Waals surface area contributed by atoms with Crippen molar-refractivity contribution in [2.24, 2.45) is 10.9 Å². The molecule has 1 atom stereocenters. The summed E-state index contributed by atoms with van der Waals surface area (Å²) >= 11 is 0. The fraction of sp³-hybridized carbons (Fsp3) is 0.500. The molecule has 0 bridgehead atoms. The Bertz CT molecular complexity index is 535. The Morgan fingerprint density at radius 3 is 3.00 bits per heavy atom. The van der Waals surface area contributed by atoms with Crippen LogP contribution in [0.25, 0.3) is 0 Å². The van der Waals surface area contributed by atoms with Crippen molar-refractivity contribution in [2.75, 3.05) is 33.9 Å². The van der Waals surface area contributed by atoms with Gasteiger partial charge in [-0.1, -0.05) is 12.1 Å². The number of ether oxygens (including phenoxy) is 1. The average molecular weight is 414 g/mol. The van der Waals surface area contributed by atoms with Crippen molar-refractivity contribution in [3.8, 4) is 6.07 Å². The van der Waals surface area contributed by atoms with Crippen molar-refractivity contribution in [2.45, 2.75) is 13.0 Å². The maximum absolute atomic E-state index is 8.92. The first kappa shape index (κ1) is 18.7. The van der Waals surface area contributed by atoms with Gasteiger partial charge in [-0.05, 0) is 24.1 Å². The molecule has 1 aromatic carbocycles. The standard InChI is InChI=1S/C16H22N4O.HI/c1-18-16(20(2)11-15-6-7-21-12-15)19-10-14-5-3-4-13(8-14)9-17;/h3-5,8,15H,6-7,10-12H2,1-2H3,(H,18,19);1H. The number of guanidine groups is 1. The van der Waals surface area contributed by atoms with Gasteiger partial charge < -0.3 is 15.0 Å². The number of nitrogens with zero attached hydrogens (tertiary/aromatic N) is 3. The molecule has 1 aliphatic heterocycles. The molecule has 120 valence electrons. The second kappa shape index (κ2) is 9.64. The summed E-state index contributed by atoms with van der Waals surface area (Å²) in [6, 6.07) is 9.77. The van der Waals surface area contributed by atoms with Crippen molar-refractivity contribution < 1.29 is 4.74 Å². The van der Waals surface area contributed by atoms with Gasteiger partial charge in [0, 0.05) is 39.7 Å². The van der Waals surface area contributed by atoms with E-state index in [0.717, 1.165) is 37.7 Å². The first-order valence-corrected chi connectivity index (χ1v) is 7.21. The van der Waals surface area contributed by atoms with Gasteiger partial charge in [0.05, 0.1) is 18.2 Å². The molecule has 1 aliphatic rings. The van der Waals surface area contributed by atoms with Gasteiger partial charge in [-0.15, -0.1) is 24.0 Å². The fourth-order valence-corrected chi connectivity index (χ4v) is 2.52. The zero-order chi connectivity index (χ0) is 15.1. The van der Waals surface area contributed by atoms with E-state index >= 15 is 0 Å². The quantitative estimate of drug-likeness (QED) is 0.467.